The fourth-order valence-corrected chi connectivity index (χ4v) is 3.00. The minimum absolute atomic E-state index is 0.00242. The van der Waals surface area contributed by atoms with Gasteiger partial charge in [-0.2, -0.15) is 0 Å². The first-order chi connectivity index (χ1) is 12.0. The van der Waals surface area contributed by atoms with Crippen LogP contribution in [0.15, 0.2) is 48.7 Å². The molecule has 4 nitrogen and oxygen atoms in total. The van der Waals surface area contributed by atoms with E-state index in [0.29, 0.717) is 0 Å². The van der Waals surface area contributed by atoms with Crippen molar-refractivity contribution in [1.82, 2.24) is 20.0 Å². The van der Waals surface area contributed by atoms with Crippen molar-refractivity contribution >= 4 is 10.9 Å². The number of nitrogens with one attached hydrogen (secondary N) is 1. The van der Waals surface area contributed by atoms with Crippen LogP contribution in [0.25, 0.3) is 27.8 Å². The van der Waals surface area contributed by atoms with Crippen molar-refractivity contribution in [2.24, 2.45) is 0 Å². The van der Waals surface area contributed by atoms with Gasteiger partial charge in [0.1, 0.15) is 0 Å². The summed E-state index contributed by atoms with van der Waals surface area (Å²) in [6.07, 6.45) is -0.837. The van der Waals surface area contributed by atoms with E-state index in [1.165, 1.54) is 17.7 Å². The van der Waals surface area contributed by atoms with E-state index in [1.807, 2.05) is 19.1 Å². The standard InChI is InChI=1S/C19H16F2N4/c1-11-12(2)23-17-8-7-15(9-16(11)17)25-18(10-22-24-25)13-3-5-14(6-4-13)19(20)21/h3-10,19,23H,1-2H3. The topological polar surface area (TPSA) is 46.5 Å². The number of aryl methyl sites for hydroxylation is 2. The van der Waals surface area contributed by atoms with Crippen LogP contribution in [0, 0.1) is 13.8 Å². The monoisotopic (exact) mass is 338 g/mol. The van der Waals surface area contributed by atoms with Crippen molar-refractivity contribution in [3.05, 3.63) is 65.5 Å². The summed E-state index contributed by atoms with van der Waals surface area (Å²) in [6, 6.07) is 12.2. The number of aromatic nitrogens is 4. The number of nitrogens with zero attached hydrogens (tertiary/aromatic N) is 3. The molecule has 2 aromatic carbocycles. The molecule has 0 unspecified atom stereocenters. The van der Waals surface area contributed by atoms with E-state index < -0.39 is 6.43 Å². The molecule has 0 spiro atoms. The Labute approximate surface area is 143 Å². The molecule has 2 heterocycles. The number of rotatable bonds is 3. The van der Waals surface area contributed by atoms with Crippen LogP contribution in [0.1, 0.15) is 23.2 Å². The largest absolute Gasteiger partial charge is 0.358 e. The van der Waals surface area contributed by atoms with Gasteiger partial charge in [-0.25, -0.2) is 13.5 Å². The van der Waals surface area contributed by atoms with Gasteiger partial charge >= 0.3 is 0 Å². The molecule has 0 aliphatic heterocycles. The van der Waals surface area contributed by atoms with Crippen LogP contribution >= 0.6 is 0 Å². The fraction of sp³-hybridized carbons (Fsp3) is 0.158. The second-order valence-corrected chi connectivity index (χ2v) is 6.06. The Morgan fingerprint density at radius 3 is 2.52 bits per heavy atom. The number of fused-ring (bicyclic) bond motifs is 1. The molecule has 4 aromatic rings. The third-order valence-corrected chi connectivity index (χ3v) is 4.54. The Morgan fingerprint density at radius 2 is 1.80 bits per heavy atom. The molecule has 0 aliphatic carbocycles. The summed E-state index contributed by atoms with van der Waals surface area (Å²) < 4.78 is 27.2. The highest BCUT2D eigenvalue weighted by molar-refractivity contribution is 5.86. The van der Waals surface area contributed by atoms with Crippen LogP contribution in [-0.4, -0.2) is 20.0 Å². The van der Waals surface area contributed by atoms with Gasteiger partial charge in [-0.05, 0) is 37.6 Å². The van der Waals surface area contributed by atoms with Crippen molar-refractivity contribution in [2.75, 3.05) is 0 Å². The molecule has 0 atom stereocenters. The normalized spacial score (nSPS) is 11.6. The number of aromatic amines is 1. The smallest absolute Gasteiger partial charge is 0.263 e. The van der Waals surface area contributed by atoms with E-state index in [-0.39, 0.29) is 5.56 Å². The first kappa shape index (κ1) is 15.5. The molecule has 0 bridgehead atoms. The van der Waals surface area contributed by atoms with E-state index in [9.17, 15) is 8.78 Å². The summed E-state index contributed by atoms with van der Waals surface area (Å²) in [7, 11) is 0. The maximum Gasteiger partial charge on any atom is 0.263 e. The van der Waals surface area contributed by atoms with Gasteiger partial charge in [-0.15, -0.1) is 5.10 Å². The maximum atomic E-state index is 12.7. The molecular weight excluding hydrogens is 322 g/mol. The van der Waals surface area contributed by atoms with Gasteiger partial charge in [-0.3, -0.25) is 0 Å². The number of alkyl halides is 2. The second-order valence-electron chi connectivity index (χ2n) is 6.06. The van der Waals surface area contributed by atoms with Crippen LogP contribution in [0.3, 0.4) is 0 Å². The third-order valence-electron chi connectivity index (χ3n) is 4.54. The zero-order valence-electron chi connectivity index (χ0n) is 13.8. The molecule has 6 heteroatoms. The quantitative estimate of drug-likeness (QED) is 0.573. The Bertz CT molecular complexity index is 1050. The number of hydrogen-bond acceptors (Lipinski definition) is 2. The lowest BCUT2D eigenvalue weighted by atomic mass is 10.1. The second kappa shape index (κ2) is 5.81. The van der Waals surface area contributed by atoms with Crippen molar-refractivity contribution in [3.8, 4) is 16.9 Å². The molecule has 4 rings (SSSR count). The lowest BCUT2D eigenvalue weighted by Crippen LogP contribution is -1.99. The molecule has 25 heavy (non-hydrogen) atoms. The molecule has 0 saturated heterocycles. The first-order valence-electron chi connectivity index (χ1n) is 7.93. The maximum absolute atomic E-state index is 12.7. The van der Waals surface area contributed by atoms with Crippen LogP contribution in [0.2, 0.25) is 0 Å². The van der Waals surface area contributed by atoms with Crippen LogP contribution < -0.4 is 0 Å². The highest BCUT2D eigenvalue weighted by Crippen LogP contribution is 2.28. The summed E-state index contributed by atoms with van der Waals surface area (Å²) in [5, 5.41) is 9.30. The molecule has 0 amide bonds. The van der Waals surface area contributed by atoms with Gasteiger partial charge < -0.3 is 4.98 Å². The zero-order chi connectivity index (χ0) is 17.6. The van der Waals surface area contributed by atoms with Gasteiger partial charge in [0.2, 0.25) is 0 Å². The van der Waals surface area contributed by atoms with Crippen molar-refractivity contribution < 1.29 is 8.78 Å². The third kappa shape index (κ3) is 2.59. The molecule has 126 valence electrons. The molecule has 2 aromatic heterocycles. The predicted molar refractivity (Wildman–Crippen MR) is 93.1 cm³/mol. The first-order valence-corrected chi connectivity index (χ1v) is 7.93. The van der Waals surface area contributed by atoms with Crippen LogP contribution in [0.4, 0.5) is 8.78 Å². The van der Waals surface area contributed by atoms with Crippen molar-refractivity contribution in [2.45, 2.75) is 20.3 Å². The minimum Gasteiger partial charge on any atom is -0.358 e. The summed E-state index contributed by atoms with van der Waals surface area (Å²) >= 11 is 0. The van der Waals surface area contributed by atoms with Gasteiger partial charge in [0.05, 0.1) is 17.6 Å². The average molecular weight is 338 g/mol. The number of benzene rings is 2. The van der Waals surface area contributed by atoms with Crippen molar-refractivity contribution in [1.29, 1.82) is 0 Å². The number of H-pyrrole nitrogens is 1. The zero-order valence-corrected chi connectivity index (χ0v) is 13.8. The van der Waals surface area contributed by atoms with Crippen LogP contribution in [-0.2, 0) is 0 Å². The Kier molecular flexibility index (Phi) is 3.60. The van der Waals surface area contributed by atoms with E-state index in [1.54, 1.807) is 23.0 Å². The van der Waals surface area contributed by atoms with Gasteiger partial charge in [0.25, 0.3) is 6.43 Å². The molecule has 0 fully saturated rings. The van der Waals surface area contributed by atoms with Gasteiger partial charge in [0.15, 0.2) is 0 Å². The summed E-state index contributed by atoms with van der Waals surface area (Å²) in [5.74, 6) is 0. The number of halogens is 2. The fourth-order valence-electron chi connectivity index (χ4n) is 3.00. The van der Waals surface area contributed by atoms with Crippen molar-refractivity contribution in [3.63, 3.8) is 0 Å². The summed E-state index contributed by atoms with van der Waals surface area (Å²) in [4.78, 5) is 3.35. The van der Waals surface area contributed by atoms with Gasteiger partial charge in [-0.1, -0.05) is 29.5 Å². The van der Waals surface area contributed by atoms with E-state index >= 15 is 0 Å². The Morgan fingerprint density at radius 1 is 1.04 bits per heavy atom. The Hall–Kier alpha value is -3.02. The molecule has 0 aliphatic rings. The average Bonchev–Trinajstić information content (AvgIpc) is 3.20. The van der Waals surface area contributed by atoms with Crippen LogP contribution in [0.5, 0.6) is 0 Å². The molecule has 1 N–H and O–H groups in total. The van der Waals surface area contributed by atoms with Gasteiger partial charge in [0, 0.05) is 27.7 Å². The number of hydrogen-bond donors (Lipinski definition) is 1. The van der Waals surface area contributed by atoms with E-state index in [2.05, 4.69) is 28.3 Å². The lowest BCUT2D eigenvalue weighted by Gasteiger charge is -2.08. The minimum atomic E-state index is -2.47. The Balaban J connectivity index is 1.80. The molecule has 0 radical (unpaired) electrons. The highest BCUT2D eigenvalue weighted by Gasteiger charge is 2.13. The lowest BCUT2D eigenvalue weighted by molar-refractivity contribution is 0.151. The molecular formula is C19H16F2N4. The van der Waals surface area contributed by atoms with E-state index in [4.69, 9.17) is 0 Å². The van der Waals surface area contributed by atoms with E-state index in [0.717, 1.165) is 33.5 Å². The molecule has 0 saturated carbocycles. The highest BCUT2D eigenvalue weighted by atomic mass is 19.3. The SMILES string of the molecule is Cc1[nH]c2ccc(-n3nncc3-c3ccc(C(F)F)cc3)cc2c1C. The predicted octanol–water partition coefficient (Wildman–Crippen LogP) is 4.97. The summed E-state index contributed by atoms with van der Waals surface area (Å²) in [6.45, 7) is 4.11. The summed E-state index contributed by atoms with van der Waals surface area (Å²) in [5.41, 5.74) is 5.82.